The molecule has 0 spiro atoms. The fourth-order valence-corrected chi connectivity index (χ4v) is 1.67. The van der Waals surface area contributed by atoms with Crippen LogP contribution < -0.4 is 5.32 Å². The smallest absolute Gasteiger partial charge is 0.140 e. The summed E-state index contributed by atoms with van der Waals surface area (Å²) in [5.41, 5.74) is 2.32. The minimum absolute atomic E-state index is 0.286. The molecular formula is C12H16FNO. The molecule has 1 heterocycles. The van der Waals surface area contributed by atoms with Crippen LogP contribution in [-0.2, 0) is 11.3 Å². The van der Waals surface area contributed by atoms with Gasteiger partial charge in [0, 0.05) is 13.1 Å². The normalized spacial score (nSPS) is 25.7. The SMILES string of the molecule is Cc1ccc(COC2CNCC2F)cc1. The van der Waals surface area contributed by atoms with E-state index in [0.717, 1.165) is 5.56 Å². The summed E-state index contributed by atoms with van der Waals surface area (Å²) in [6.07, 6.45) is -1.15. The molecular weight excluding hydrogens is 193 g/mol. The lowest BCUT2D eigenvalue weighted by molar-refractivity contribution is 0.0139. The van der Waals surface area contributed by atoms with E-state index < -0.39 is 6.17 Å². The third-order valence-electron chi connectivity index (χ3n) is 2.67. The average molecular weight is 209 g/mol. The number of nitrogens with one attached hydrogen (secondary N) is 1. The van der Waals surface area contributed by atoms with E-state index in [1.165, 1.54) is 5.56 Å². The van der Waals surface area contributed by atoms with Crippen LogP contribution in [0.2, 0.25) is 0 Å². The molecule has 0 bridgehead atoms. The van der Waals surface area contributed by atoms with Crippen LogP contribution >= 0.6 is 0 Å². The minimum Gasteiger partial charge on any atom is -0.369 e. The summed E-state index contributed by atoms with van der Waals surface area (Å²) >= 11 is 0. The van der Waals surface area contributed by atoms with Gasteiger partial charge in [0.25, 0.3) is 0 Å². The van der Waals surface area contributed by atoms with Crippen molar-refractivity contribution in [1.29, 1.82) is 0 Å². The van der Waals surface area contributed by atoms with Gasteiger partial charge in [-0.25, -0.2) is 4.39 Å². The van der Waals surface area contributed by atoms with Crippen molar-refractivity contribution < 1.29 is 9.13 Å². The first-order valence-electron chi connectivity index (χ1n) is 5.27. The summed E-state index contributed by atoms with van der Waals surface area (Å²) in [7, 11) is 0. The first-order valence-corrected chi connectivity index (χ1v) is 5.27. The van der Waals surface area contributed by atoms with Crippen LogP contribution in [0.4, 0.5) is 4.39 Å². The molecule has 0 aliphatic carbocycles. The predicted octanol–water partition coefficient (Wildman–Crippen LogP) is 1.82. The van der Waals surface area contributed by atoms with E-state index in [1.807, 2.05) is 31.2 Å². The van der Waals surface area contributed by atoms with Crippen molar-refractivity contribution in [2.24, 2.45) is 0 Å². The number of halogens is 1. The topological polar surface area (TPSA) is 21.3 Å². The van der Waals surface area contributed by atoms with Crippen LogP contribution in [0.1, 0.15) is 11.1 Å². The maximum absolute atomic E-state index is 13.2. The Bertz CT molecular complexity index is 312. The van der Waals surface area contributed by atoms with E-state index in [9.17, 15) is 4.39 Å². The molecule has 1 aromatic rings. The monoisotopic (exact) mass is 209 g/mol. The maximum Gasteiger partial charge on any atom is 0.140 e. The van der Waals surface area contributed by atoms with Crippen LogP contribution in [0, 0.1) is 6.92 Å². The van der Waals surface area contributed by atoms with Crippen LogP contribution in [0.15, 0.2) is 24.3 Å². The van der Waals surface area contributed by atoms with Crippen molar-refractivity contribution in [3.8, 4) is 0 Å². The Morgan fingerprint density at radius 3 is 2.67 bits per heavy atom. The zero-order chi connectivity index (χ0) is 10.7. The molecule has 2 rings (SSSR count). The molecule has 2 unspecified atom stereocenters. The quantitative estimate of drug-likeness (QED) is 0.820. The van der Waals surface area contributed by atoms with Gasteiger partial charge in [-0.3, -0.25) is 0 Å². The highest BCUT2D eigenvalue weighted by molar-refractivity contribution is 5.20. The molecule has 0 amide bonds. The summed E-state index contributed by atoms with van der Waals surface area (Å²) in [5, 5.41) is 2.97. The molecule has 0 saturated carbocycles. The van der Waals surface area contributed by atoms with E-state index >= 15 is 0 Å². The Labute approximate surface area is 89.4 Å². The molecule has 0 aromatic heterocycles. The van der Waals surface area contributed by atoms with Gasteiger partial charge in [0.05, 0.1) is 6.61 Å². The number of alkyl halides is 1. The molecule has 15 heavy (non-hydrogen) atoms. The summed E-state index contributed by atoms with van der Waals surface area (Å²) in [6.45, 7) is 3.57. The van der Waals surface area contributed by atoms with Crippen LogP contribution in [0.25, 0.3) is 0 Å². The van der Waals surface area contributed by atoms with Gasteiger partial charge in [-0.2, -0.15) is 0 Å². The van der Waals surface area contributed by atoms with Crippen molar-refractivity contribution in [2.45, 2.75) is 25.8 Å². The Kier molecular flexibility index (Phi) is 3.34. The number of ether oxygens (including phenoxy) is 1. The van der Waals surface area contributed by atoms with E-state index in [2.05, 4.69) is 5.32 Å². The Morgan fingerprint density at radius 1 is 1.33 bits per heavy atom. The van der Waals surface area contributed by atoms with Gasteiger partial charge in [0.1, 0.15) is 12.3 Å². The van der Waals surface area contributed by atoms with Gasteiger partial charge in [0.15, 0.2) is 0 Å². The first-order chi connectivity index (χ1) is 7.25. The van der Waals surface area contributed by atoms with Gasteiger partial charge >= 0.3 is 0 Å². The minimum atomic E-state index is -0.865. The maximum atomic E-state index is 13.2. The highest BCUT2D eigenvalue weighted by Gasteiger charge is 2.27. The molecule has 1 aromatic carbocycles. The average Bonchev–Trinajstić information content (AvgIpc) is 2.63. The molecule has 1 aliphatic heterocycles. The largest absolute Gasteiger partial charge is 0.369 e. The molecule has 3 heteroatoms. The molecule has 2 nitrogen and oxygen atoms in total. The molecule has 1 N–H and O–H groups in total. The fraction of sp³-hybridized carbons (Fsp3) is 0.500. The van der Waals surface area contributed by atoms with Crippen LogP contribution in [-0.4, -0.2) is 25.4 Å². The molecule has 2 atom stereocenters. The zero-order valence-corrected chi connectivity index (χ0v) is 8.87. The molecule has 0 radical (unpaired) electrons. The second kappa shape index (κ2) is 4.73. The van der Waals surface area contributed by atoms with Crippen molar-refractivity contribution in [3.63, 3.8) is 0 Å². The standard InChI is InChI=1S/C12H16FNO/c1-9-2-4-10(5-3-9)8-15-12-7-14-6-11(12)13/h2-5,11-12,14H,6-8H2,1H3. The van der Waals surface area contributed by atoms with E-state index in [0.29, 0.717) is 19.7 Å². The number of benzene rings is 1. The van der Waals surface area contributed by atoms with Gasteiger partial charge < -0.3 is 10.1 Å². The zero-order valence-electron chi connectivity index (χ0n) is 8.87. The Balaban J connectivity index is 1.85. The number of hydrogen-bond acceptors (Lipinski definition) is 2. The number of rotatable bonds is 3. The summed E-state index contributed by atoms with van der Waals surface area (Å²) in [4.78, 5) is 0. The van der Waals surface area contributed by atoms with Crippen molar-refractivity contribution in [2.75, 3.05) is 13.1 Å². The lowest BCUT2D eigenvalue weighted by Crippen LogP contribution is -2.23. The second-order valence-electron chi connectivity index (χ2n) is 4.01. The lowest BCUT2D eigenvalue weighted by Gasteiger charge is -2.13. The molecule has 1 fully saturated rings. The van der Waals surface area contributed by atoms with Crippen LogP contribution in [0.5, 0.6) is 0 Å². The van der Waals surface area contributed by atoms with Gasteiger partial charge in [-0.15, -0.1) is 0 Å². The van der Waals surface area contributed by atoms with Gasteiger partial charge in [0.2, 0.25) is 0 Å². The Hall–Kier alpha value is -0.930. The second-order valence-corrected chi connectivity index (χ2v) is 4.01. The van der Waals surface area contributed by atoms with Crippen molar-refractivity contribution in [1.82, 2.24) is 5.32 Å². The lowest BCUT2D eigenvalue weighted by atomic mass is 10.2. The molecule has 1 saturated heterocycles. The molecule has 1 aliphatic rings. The third-order valence-corrected chi connectivity index (χ3v) is 2.67. The van der Waals surface area contributed by atoms with Crippen molar-refractivity contribution >= 4 is 0 Å². The van der Waals surface area contributed by atoms with E-state index in [4.69, 9.17) is 4.74 Å². The van der Waals surface area contributed by atoms with E-state index in [1.54, 1.807) is 0 Å². The van der Waals surface area contributed by atoms with E-state index in [-0.39, 0.29) is 6.10 Å². The van der Waals surface area contributed by atoms with Crippen LogP contribution in [0.3, 0.4) is 0 Å². The number of hydrogen-bond donors (Lipinski definition) is 1. The summed E-state index contributed by atoms with van der Waals surface area (Å²) in [6, 6.07) is 8.12. The van der Waals surface area contributed by atoms with Crippen molar-refractivity contribution in [3.05, 3.63) is 35.4 Å². The first kappa shape index (κ1) is 10.6. The summed E-state index contributed by atoms with van der Waals surface area (Å²) < 4.78 is 18.7. The molecule has 82 valence electrons. The third kappa shape index (κ3) is 2.76. The van der Waals surface area contributed by atoms with Gasteiger partial charge in [-0.05, 0) is 12.5 Å². The highest BCUT2D eigenvalue weighted by atomic mass is 19.1. The Morgan fingerprint density at radius 2 is 2.07 bits per heavy atom. The number of aryl methyl sites for hydroxylation is 1. The van der Waals surface area contributed by atoms with Gasteiger partial charge in [-0.1, -0.05) is 29.8 Å². The summed E-state index contributed by atoms with van der Waals surface area (Å²) in [5.74, 6) is 0. The predicted molar refractivity (Wildman–Crippen MR) is 57.5 cm³/mol. The highest BCUT2D eigenvalue weighted by Crippen LogP contribution is 2.12. The fourth-order valence-electron chi connectivity index (χ4n) is 1.67.